The largest absolute Gasteiger partial charge is 0.458 e. The lowest BCUT2D eigenvalue weighted by molar-refractivity contribution is -0.147. The number of carbonyl (C=O) groups excluding carboxylic acids is 2. The molecular formula is C20H19N3O5. The Kier molecular flexibility index (Phi) is 6.01. The molecule has 0 unspecified atom stereocenters. The number of rotatable bonds is 6. The molecule has 0 radical (unpaired) electrons. The van der Waals surface area contributed by atoms with Gasteiger partial charge in [-0.25, -0.2) is 14.6 Å². The maximum absolute atomic E-state index is 12.1. The van der Waals surface area contributed by atoms with E-state index in [4.69, 9.17) is 9.47 Å². The highest BCUT2D eigenvalue weighted by atomic mass is 16.6. The Labute approximate surface area is 160 Å². The number of hydrogen-bond donors (Lipinski definition) is 1. The number of benzene rings is 1. The summed E-state index contributed by atoms with van der Waals surface area (Å²) in [5.74, 6) is -0.660. The van der Waals surface area contributed by atoms with Gasteiger partial charge in [0.15, 0.2) is 0 Å². The van der Waals surface area contributed by atoms with E-state index in [9.17, 15) is 14.4 Å². The predicted molar refractivity (Wildman–Crippen MR) is 100 cm³/mol. The molecule has 0 aliphatic rings. The van der Waals surface area contributed by atoms with Crippen molar-refractivity contribution in [3.05, 3.63) is 82.4 Å². The lowest BCUT2D eigenvalue weighted by Gasteiger charge is -2.13. The van der Waals surface area contributed by atoms with Gasteiger partial charge in [-0.15, -0.1) is 0 Å². The van der Waals surface area contributed by atoms with Crippen molar-refractivity contribution in [2.75, 3.05) is 0 Å². The van der Waals surface area contributed by atoms with Gasteiger partial charge in [0.05, 0.1) is 5.69 Å². The molecule has 1 N–H and O–H groups in total. The van der Waals surface area contributed by atoms with E-state index in [2.05, 4.69) is 10.3 Å². The molecule has 1 aromatic carbocycles. The molecule has 1 atom stereocenters. The van der Waals surface area contributed by atoms with Crippen LogP contribution in [-0.4, -0.2) is 27.5 Å². The van der Waals surface area contributed by atoms with Crippen LogP contribution in [0.2, 0.25) is 0 Å². The first-order valence-corrected chi connectivity index (χ1v) is 8.64. The lowest BCUT2D eigenvalue weighted by atomic mass is 10.2. The standard InChI is InChI=1S/C20H19N3O5/c1-14(21-20(26)28-12-15-7-3-2-4-8-15)19(25)27-13-16-11-18(24)23-10-6-5-9-17(23)22-16/h2-11,14H,12-13H2,1H3,(H,21,26)/t14-/m0/s1. The Morgan fingerprint density at radius 3 is 2.61 bits per heavy atom. The first-order chi connectivity index (χ1) is 13.5. The molecule has 0 bridgehead atoms. The Bertz CT molecular complexity index is 1030. The fraction of sp³-hybridized carbons (Fsp3) is 0.200. The van der Waals surface area contributed by atoms with E-state index in [0.29, 0.717) is 11.3 Å². The van der Waals surface area contributed by atoms with E-state index >= 15 is 0 Å². The van der Waals surface area contributed by atoms with Crippen molar-refractivity contribution in [2.45, 2.75) is 26.2 Å². The van der Waals surface area contributed by atoms with Crippen molar-refractivity contribution in [2.24, 2.45) is 0 Å². The molecule has 8 heteroatoms. The van der Waals surface area contributed by atoms with Gasteiger partial charge >= 0.3 is 12.1 Å². The molecule has 3 aromatic rings. The van der Waals surface area contributed by atoms with E-state index in [1.54, 1.807) is 24.4 Å². The molecule has 3 rings (SSSR count). The van der Waals surface area contributed by atoms with Gasteiger partial charge in [0.25, 0.3) is 5.56 Å². The highest BCUT2D eigenvalue weighted by Crippen LogP contribution is 2.03. The van der Waals surface area contributed by atoms with Crippen LogP contribution in [0.15, 0.2) is 65.6 Å². The summed E-state index contributed by atoms with van der Waals surface area (Å²) in [4.78, 5) is 40.2. The first kappa shape index (κ1) is 19.1. The predicted octanol–water partition coefficient (Wildman–Crippen LogP) is 2.05. The minimum absolute atomic E-state index is 0.0966. The third-order valence-electron chi connectivity index (χ3n) is 3.89. The number of esters is 1. The number of fused-ring (bicyclic) bond motifs is 1. The first-order valence-electron chi connectivity index (χ1n) is 8.64. The summed E-state index contributed by atoms with van der Waals surface area (Å²) >= 11 is 0. The molecule has 0 aliphatic carbocycles. The second kappa shape index (κ2) is 8.81. The van der Waals surface area contributed by atoms with E-state index in [0.717, 1.165) is 5.56 Å². The third kappa shape index (κ3) is 4.94. The topological polar surface area (TPSA) is 99.0 Å². The van der Waals surface area contributed by atoms with Crippen molar-refractivity contribution in [3.63, 3.8) is 0 Å². The van der Waals surface area contributed by atoms with Crippen LogP contribution in [0, 0.1) is 0 Å². The summed E-state index contributed by atoms with van der Waals surface area (Å²) in [6.07, 6.45) is 0.878. The van der Waals surface area contributed by atoms with Crippen molar-refractivity contribution in [1.29, 1.82) is 0 Å². The SMILES string of the molecule is C[C@H](NC(=O)OCc1ccccc1)C(=O)OCc1cc(=O)n2ccccc2n1. The summed E-state index contributed by atoms with van der Waals surface area (Å²) in [6, 6.07) is 14.7. The second-order valence-corrected chi connectivity index (χ2v) is 6.05. The quantitative estimate of drug-likeness (QED) is 0.656. The molecule has 0 spiro atoms. The van der Waals surface area contributed by atoms with Gasteiger partial charge in [-0.3, -0.25) is 9.20 Å². The Morgan fingerprint density at radius 2 is 1.82 bits per heavy atom. The molecule has 0 aliphatic heterocycles. The van der Waals surface area contributed by atoms with E-state index in [1.165, 1.54) is 17.4 Å². The number of nitrogens with one attached hydrogen (secondary N) is 1. The van der Waals surface area contributed by atoms with Crippen molar-refractivity contribution in [3.8, 4) is 0 Å². The van der Waals surface area contributed by atoms with Gasteiger partial charge in [0.1, 0.15) is 24.9 Å². The monoisotopic (exact) mass is 381 g/mol. The fourth-order valence-corrected chi connectivity index (χ4v) is 2.45. The maximum atomic E-state index is 12.1. The number of carbonyl (C=O) groups is 2. The second-order valence-electron chi connectivity index (χ2n) is 6.05. The molecule has 2 heterocycles. The van der Waals surface area contributed by atoms with Crippen LogP contribution in [-0.2, 0) is 27.5 Å². The molecule has 2 aromatic heterocycles. The lowest BCUT2D eigenvalue weighted by Crippen LogP contribution is -2.39. The molecular weight excluding hydrogens is 362 g/mol. The van der Waals surface area contributed by atoms with Crippen molar-refractivity contribution in [1.82, 2.24) is 14.7 Å². The Balaban J connectivity index is 1.50. The zero-order valence-corrected chi connectivity index (χ0v) is 15.2. The normalized spacial score (nSPS) is 11.6. The summed E-state index contributed by atoms with van der Waals surface area (Å²) < 4.78 is 11.6. The highest BCUT2D eigenvalue weighted by molar-refractivity contribution is 5.80. The average Bonchev–Trinajstić information content (AvgIpc) is 2.71. The number of ether oxygens (including phenoxy) is 2. The van der Waals surface area contributed by atoms with E-state index in [1.807, 2.05) is 30.3 Å². The van der Waals surface area contributed by atoms with E-state index < -0.39 is 18.1 Å². The van der Waals surface area contributed by atoms with Gasteiger partial charge < -0.3 is 14.8 Å². The number of hydrogen-bond acceptors (Lipinski definition) is 6. The summed E-state index contributed by atoms with van der Waals surface area (Å²) in [5.41, 5.74) is 1.34. The smallest absolute Gasteiger partial charge is 0.408 e. The van der Waals surface area contributed by atoms with Crippen LogP contribution in [0.5, 0.6) is 0 Å². The van der Waals surface area contributed by atoms with Crippen LogP contribution >= 0.6 is 0 Å². The molecule has 0 saturated carbocycles. The van der Waals surface area contributed by atoms with Crippen LogP contribution in [0.1, 0.15) is 18.2 Å². The number of alkyl carbamates (subject to hydrolysis) is 1. The number of nitrogens with zero attached hydrogens (tertiary/aromatic N) is 2. The Hall–Kier alpha value is -3.68. The van der Waals surface area contributed by atoms with Crippen LogP contribution in [0.3, 0.4) is 0 Å². The summed E-state index contributed by atoms with van der Waals surface area (Å²) in [7, 11) is 0. The van der Waals surface area contributed by atoms with Gasteiger partial charge in [0, 0.05) is 12.3 Å². The average molecular weight is 381 g/mol. The van der Waals surface area contributed by atoms with Gasteiger partial charge in [-0.1, -0.05) is 36.4 Å². The van der Waals surface area contributed by atoms with Crippen molar-refractivity contribution >= 4 is 17.7 Å². The van der Waals surface area contributed by atoms with Gasteiger partial charge in [0.2, 0.25) is 0 Å². The molecule has 28 heavy (non-hydrogen) atoms. The molecule has 0 saturated heterocycles. The molecule has 0 fully saturated rings. The summed E-state index contributed by atoms with van der Waals surface area (Å²) in [6.45, 7) is 1.40. The van der Waals surface area contributed by atoms with Gasteiger partial charge in [-0.2, -0.15) is 0 Å². The van der Waals surface area contributed by atoms with Crippen LogP contribution in [0.4, 0.5) is 4.79 Å². The third-order valence-corrected chi connectivity index (χ3v) is 3.89. The van der Waals surface area contributed by atoms with E-state index in [-0.39, 0.29) is 18.8 Å². The zero-order valence-electron chi connectivity index (χ0n) is 15.2. The Morgan fingerprint density at radius 1 is 1.07 bits per heavy atom. The number of aromatic nitrogens is 2. The van der Waals surface area contributed by atoms with Crippen LogP contribution in [0.25, 0.3) is 5.65 Å². The maximum Gasteiger partial charge on any atom is 0.408 e. The number of pyridine rings is 1. The zero-order chi connectivity index (χ0) is 19.9. The minimum atomic E-state index is -0.912. The molecule has 144 valence electrons. The van der Waals surface area contributed by atoms with Gasteiger partial charge in [-0.05, 0) is 24.6 Å². The van der Waals surface area contributed by atoms with Crippen molar-refractivity contribution < 1.29 is 19.1 Å². The fourth-order valence-electron chi connectivity index (χ4n) is 2.45. The molecule has 8 nitrogen and oxygen atoms in total. The highest BCUT2D eigenvalue weighted by Gasteiger charge is 2.18. The van der Waals surface area contributed by atoms with Crippen LogP contribution < -0.4 is 10.9 Å². The minimum Gasteiger partial charge on any atom is -0.458 e. The molecule has 1 amide bonds. The number of amides is 1. The summed E-state index contributed by atoms with van der Waals surface area (Å²) in [5, 5.41) is 2.41.